The molecule has 0 saturated carbocycles. The van der Waals surface area contributed by atoms with Crippen LogP contribution in [0, 0.1) is 5.82 Å². The molecule has 0 bridgehead atoms. The van der Waals surface area contributed by atoms with E-state index in [2.05, 4.69) is 5.10 Å². The summed E-state index contributed by atoms with van der Waals surface area (Å²) in [6.45, 7) is 1.40. The van der Waals surface area contributed by atoms with Gasteiger partial charge >= 0.3 is 6.18 Å². The van der Waals surface area contributed by atoms with Gasteiger partial charge in [-0.15, -0.1) is 0 Å². The number of nitrogens with zero attached hydrogens (tertiary/aromatic N) is 2. The SMILES string of the molecule is C[C@H](O)c1cc(F)ccc1-n1cc(C(F)(F)F)cn1. The zero-order chi connectivity index (χ0) is 14.2. The summed E-state index contributed by atoms with van der Waals surface area (Å²) in [5, 5.41) is 13.1. The summed E-state index contributed by atoms with van der Waals surface area (Å²) >= 11 is 0. The van der Waals surface area contributed by atoms with Crippen LogP contribution in [0.15, 0.2) is 30.6 Å². The standard InChI is InChI=1S/C12H10F4N2O/c1-7(19)10-4-9(13)2-3-11(10)18-6-8(5-17-18)12(14,15)16/h2-7,19H,1H3/t7-/m0/s1. The first-order chi connectivity index (χ1) is 8.79. The fourth-order valence-corrected chi connectivity index (χ4v) is 1.67. The fraction of sp³-hybridized carbons (Fsp3) is 0.250. The predicted molar refractivity (Wildman–Crippen MR) is 59.2 cm³/mol. The molecular weight excluding hydrogens is 264 g/mol. The monoisotopic (exact) mass is 274 g/mol. The Labute approximate surface area is 106 Å². The molecule has 1 atom stereocenters. The van der Waals surface area contributed by atoms with Crippen LogP contribution in [0.25, 0.3) is 5.69 Å². The van der Waals surface area contributed by atoms with Crippen LogP contribution in [0.2, 0.25) is 0 Å². The number of hydrogen-bond donors (Lipinski definition) is 1. The normalized spacial score (nSPS) is 13.6. The third-order valence-electron chi connectivity index (χ3n) is 2.60. The van der Waals surface area contributed by atoms with E-state index in [1.807, 2.05) is 0 Å². The van der Waals surface area contributed by atoms with Crippen LogP contribution in [-0.2, 0) is 6.18 Å². The zero-order valence-corrected chi connectivity index (χ0v) is 9.82. The summed E-state index contributed by atoms with van der Waals surface area (Å²) < 4.78 is 51.5. The van der Waals surface area contributed by atoms with Crippen LogP contribution in [0.1, 0.15) is 24.2 Å². The number of benzene rings is 1. The second kappa shape index (κ2) is 4.65. The third kappa shape index (κ3) is 2.76. The highest BCUT2D eigenvalue weighted by Crippen LogP contribution is 2.30. The van der Waals surface area contributed by atoms with Crippen molar-refractivity contribution in [2.75, 3.05) is 0 Å². The van der Waals surface area contributed by atoms with E-state index in [0.29, 0.717) is 6.20 Å². The number of hydrogen-bond acceptors (Lipinski definition) is 2. The van der Waals surface area contributed by atoms with Gasteiger partial charge in [-0.05, 0) is 25.1 Å². The van der Waals surface area contributed by atoms with Crippen LogP contribution in [0.3, 0.4) is 0 Å². The van der Waals surface area contributed by atoms with Gasteiger partial charge in [-0.2, -0.15) is 18.3 Å². The molecule has 0 unspecified atom stereocenters. The maximum atomic E-state index is 13.1. The van der Waals surface area contributed by atoms with Gasteiger partial charge in [0.05, 0.1) is 23.6 Å². The van der Waals surface area contributed by atoms with E-state index >= 15 is 0 Å². The summed E-state index contributed by atoms with van der Waals surface area (Å²) in [6.07, 6.45) is -4.05. The van der Waals surface area contributed by atoms with Crippen molar-refractivity contribution in [3.05, 3.63) is 47.5 Å². The van der Waals surface area contributed by atoms with Gasteiger partial charge in [0.1, 0.15) is 5.82 Å². The van der Waals surface area contributed by atoms with E-state index in [-0.39, 0.29) is 11.3 Å². The number of aliphatic hydroxyl groups excluding tert-OH is 1. The average molecular weight is 274 g/mol. The second-order valence-electron chi connectivity index (χ2n) is 4.05. The lowest BCUT2D eigenvalue weighted by atomic mass is 10.1. The van der Waals surface area contributed by atoms with Crippen LogP contribution in [0.5, 0.6) is 0 Å². The Balaban J connectivity index is 2.50. The second-order valence-corrected chi connectivity index (χ2v) is 4.05. The molecule has 1 aromatic carbocycles. The first-order valence-electron chi connectivity index (χ1n) is 5.39. The Morgan fingerprint density at radius 3 is 2.53 bits per heavy atom. The minimum Gasteiger partial charge on any atom is -0.389 e. The van der Waals surface area contributed by atoms with Crippen molar-refractivity contribution in [3.63, 3.8) is 0 Å². The Bertz CT molecular complexity index is 590. The Hall–Kier alpha value is -1.89. The van der Waals surface area contributed by atoms with E-state index in [0.717, 1.165) is 23.0 Å². The van der Waals surface area contributed by atoms with Gasteiger partial charge in [0, 0.05) is 11.8 Å². The van der Waals surface area contributed by atoms with Gasteiger partial charge in [0.2, 0.25) is 0 Å². The average Bonchev–Trinajstić information content (AvgIpc) is 2.77. The van der Waals surface area contributed by atoms with Crippen molar-refractivity contribution in [2.24, 2.45) is 0 Å². The van der Waals surface area contributed by atoms with E-state index in [4.69, 9.17) is 0 Å². The Morgan fingerprint density at radius 1 is 1.32 bits per heavy atom. The molecule has 0 spiro atoms. The topological polar surface area (TPSA) is 38.0 Å². The molecule has 0 radical (unpaired) electrons. The summed E-state index contributed by atoms with van der Waals surface area (Å²) in [4.78, 5) is 0. The molecule has 2 aromatic rings. The van der Waals surface area contributed by atoms with Crippen molar-refractivity contribution in [1.29, 1.82) is 0 Å². The van der Waals surface area contributed by atoms with Gasteiger partial charge in [-0.3, -0.25) is 0 Å². The van der Waals surface area contributed by atoms with Crippen LogP contribution in [0.4, 0.5) is 17.6 Å². The van der Waals surface area contributed by atoms with E-state index < -0.39 is 23.7 Å². The molecular formula is C12H10F4N2O. The molecule has 0 aliphatic carbocycles. The Kier molecular flexibility index (Phi) is 3.32. The first-order valence-corrected chi connectivity index (χ1v) is 5.39. The van der Waals surface area contributed by atoms with Crippen LogP contribution < -0.4 is 0 Å². The van der Waals surface area contributed by atoms with Crippen molar-refractivity contribution in [3.8, 4) is 5.69 Å². The quantitative estimate of drug-likeness (QED) is 0.855. The molecule has 0 amide bonds. The maximum absolute atomic E-state index is 13.1. The van der Waals surface area contributed by atoms with Crippen molar-refractivity contribution in [1.82, 2.24) is 9.78 Å². The van der Waals surface area contributed by atoms with Crippen LogP contribution >= 0.6 is 0 Å². The van der Waals surface area contributed by atoms with E-state index in [1.165, 1.54) is 13.0 Å². The first kappa shape index (κ1) is 13.5. The number of aliphatic hydroxyl groups is 1. The highest BCUT2D eigenvalue weighted by atomic mass is 19.4. The van der Waals surface area contributed by atoms with E-state index in [9.17, 15) is 22.7 Å². The minimum absolute atomic E-state index is 0.164. The summed E-state index contributed by atoms with van der Waals surface area (Å²) in [6, 6.07) is 3.43. The van der Waals surface area contributed by atoms with Gasteiger partial charge in [-0.1, -0.05) is 0 Å². The molecule has 19 heavy (non-hydrogen) atoms. The Morgan fingerprint density at radius 2 is 2.00 bits per heavy atom. The number of aromatic nitrogens is 2. The minimum atomic E-state index is -4.50. The molecule has 1 N–H and O–H groups in total. The largest absolute Gasteiger partial charge is 0.419 e. The highest BCUT2D eigenvalue weighted by Gasteiger charge is 2.32. The van der Waals surface area contributed by atoms with Crippen molar-refractivity contribution >= 4 is 0 Å². The molecule has 1 aromatic heterocycles. The van der Waals surface area contributed by atoms with Crippen LogP contribution in [-0.4, -0.2) is 14.9 Å². The predicted octanol–water partition coefficient (Wildman–Crippen LogP) is 3.08. The molecule has 1 heterocycles. The van der Waals surface area contributed by atoms with Crippen molar-refractivity contribution in [2.45, 2.75) is 19.2 Å². The number of alkyl halides is 3. The highest BCUT2D eigenvalue weighted by molar-refractivity contribution is 5.42. The fourth-order valence-electron chi connectivity index (χ4n) is 1.67. The van der Waals surface area contributed by atoms with Gasteiger partial charge in [0.15, 0.2) is 0 Å². The smallest absolute Gasteiger partial charge is 0.389 e. The molecule has 0 fully saturated rings. The van der Waals surface area contributed by atoms with Gasteiger partial charge in [0.25, 0.3) is 0 Å². The third-order valence-corrected chi connectivity index (χ3v) is 2.60. The lowest BCUT2D eigenvalue weighted by Crippen LogP contribution is -2.05. The van der Waals surface area contributed by atoms with Crippen molar-refractivity contribution < 1.29 is 22.7 Å². The maximum Gasteiger partial charge on any atom is 0.419 e. The van der Waals surface area contributed by atoms with Gasteiger partial charge in [-0.25, -0.2) is 9.07 Å². The molecule has 3 nitrogen and oxygen atoms in total. The molecule has 7 heteroatoms. The lowest BCUT2D eigenvalue weighted by Gasteiger charge is -2.12. The summed E-state index contributed by atoms with van der Waals surface area (Å²) in [5.74, 6) is -0.581. The molecule has 102 valence electrons. The zero-order valence-electron chi connectivity index (χ0n) is 9.82. The molecule has 0 saturated heterocycles. The molecule has 2 rings (SSSR count). The number of halogens is 4. The molecule has 0 aliphatic rings. The van der Waals surface area contributed by atoms with E-state index in [1.54, 1.807) is 0 Å². The number of rotatable bonds is 2. The van der Waals surface area contributed by atoms with Gasteiger partial charge < -0.3 is 5.11 Å². The lowest BCUT2D eigenvalue weighted by molar-refractivity contribution is -0.137. The molecule has 0 aliphatic heterocycles. The summed E-state index contributed by atoms with van der Waals surface area (Å²) in [7, 11) is 0. The summed E-state index contributed by atoms with van der Waals surface area (Å²) in [5.41, 5.74) is -0.544.